The second-order valence-electron chi connectivity index (χ2n) is 6.29. The van der Waals surface area contributed by atoms with Gasteiger partial charge in [-0.15, -0.1) is 0 Å². The highest BCUT2D eigenvalue weighted by molar-refractivity contribution is 7.89. The Morgan fingerprint density at radius 1 is 1.08 bits per heavy atom. The third-order valence-corrected chi connectivity index (χ3v) is 5.44. The first-order valence-corrected chi connectivity index (χ1v) is 10.3. The summed E-state index contributed by atoms with van der Waals surface area (Å²) in [6.07, 6.45) is 2.46. The summed E-state index contributed by atoms with van der Waals surface area (Å²) in [4.78, 5) is 23.8. The Bertz CT molecular complexity index is 701. The molecule has 0 unspecified atom stereocenters. The highest BCUT2D eigenvalue weighted by Crippen LogP contribution is 2.12. The molecular weight excluding hydrogens is 356 g/mol. The number of hydrogen-bond donors (Lipinski definition) is 2. The Morgan fingerprint density at radius 2 is 1.69 bits per heavy atom. The number of benzene rings is 1. The fourth-order valence-corrected chi connectivity index (χ4v) is 3.55. The molecule has 1 aromatic rings. The molecule has 0 saturated carbocycles. The normalized spacial score (nSPS) is 13.7. The molecule has 0 saturated heterocycles. The minimum Gasteiger partial charge on any atom is -0.452 e. The van der Waals surface area contributed by atoms with Crippen LogP contribution in [0.3, 0.4) is 0 Å². The maximum atomic E-state index is 12.2. The van der Waals surface area contributed by atoms with Gasteiger partial charge in [-0.05, 0) is 51.0 Å². The van der Waals surface area contributed by atoms with Crippen LogP contribution in [-0.4, -0.2) is 39.0 Å². The van der Waals surface area contributed by atoms with E-state index in [0.29, 0.717) is 6.42 Å². The average Bonchev–Trinajstić information content (AvgIpc) is 2.59. The maximum absolute atomic E-state index is 12.2. The first-order valence-electron chi connectivity index (χ1n) is 8.78. The SMILES string of the molecule is CCC[C@@H](C)NC(=O)COC(=O)c1ccc(S(=O)(=O)N[C@@H](C)CC)cc1. The molecule has 26 heavy (non-hydrogen) atoms. The Labute approximate surface area is 155 Å². The molecule has 0 aliphatic heterocycles. The van der Waals surface area contributed by atoms with Crippen molar-refractivity contribution in [3.63, 3.8) is 0 Å². The van der Waals surface area contributed by atoms with Gasteiger partial charge in [0.05, 0.1) is 10.5 Å². The van der Waals surface area contributed by atoms with E-state index < -0.39 is 16.0 Å². The molecular formula is C18H28N2O5S. The molecule has 0 spiro atoms. The Kier molecular flexibility index (Phi) is 8.74. The standard InChI is InChI=1S/C18H28N2O5S/c1-5-7-14(4)19-17(21)12-25-18(22)15-8-10-16(11-9-15)26(23,24)20-13(3)6-2/h8-11,13-14,20H,5-7,12H2,1-4H3,(H,19,21)/t13-,14+/m0/s1. The number of carbonyl (C=O) groups excluding carboxylic acids is 2. The predicted molar refractivity (Wildman–Crippen MR) is 99.3 cm³/mol. The van der Waals surface area contributed by atoms with E-state index in [2.05, 4.69) is 10.0 Å². The first kappa shape index (κ1) is 22.1. The average molecular weight is 384 g/mol. The maximum Gasteiger partial charge on any atom is 0.338 e. The van der Waals surface area contributed by atoms with Gasteiger partial charge in [-0.2, -0.15) is 0 Å². The Balaban J connectivity index is 2.63. The van der Waals surface area contributed by atoms with Gasteiger partial charge in [0.15, 0.2) is 6.61 Å². The summed E-state index contributed by atoms with van der Waals surface area (Å²) >= 11 is 0. The first-order chi connectivity index (χ1) is 12.2. The zero-order chi connectivity index (χ0) is 19.7. The number of nitrogens with one attached hydrogen (secondary N) is 2. The van der Waals surface area contributed by atoms with Gasteiger partial charge in [0.1, 0.15) is 0 Å². The number of rotatable bonds is 10. The van der Waals surface area contributed by atoms with E-state index in [4.69, 9.17) is 4.74 Å². The molecule has 2 N–H and O–H groups in total. The van der Waals surface area contributed by atoms with Crippen LogP contribution in [0.5, 0.6) is 0 Å². The number of esters is 1. The summed E-state index contributed by atoms with van der Waals surface area (Å²) in [5, 5.41) is 2.74. The Morgan fingerprint density at radius 3 is 2.23 bits per heavy atom. The number of sulfonamides is 1. The zero-order valence-corrected chi connectivity index (χ0v) is 16.6. The second kappa shape index (κ2) is 10.3. The highest BCUT2D eigenvalue weighted by Gasteiger charge is 2.18. The van der Waals surface area contributed by atoms with Crippen molar-refractivity contribution in [1.29, 1.82) is 0 Å². The van der Waals surface area contributed by atoms with Crippen LogP contribution in [0.1, 0.15) is 57.3 Å². The molecule has 0 fully saturated rings. The van der Waals surface area contributed by atoms with Gasteiger partial charge in [0.2, 0.25) is 10.0 Å². The van der Waals surface area contributed by atoms with E-state index in [9.17, 15) is 18.0 Å². The number of carbonyl (C=O) groups is 2. The molecule has 0 heterocycles. The second-order valence-corrected chi connectivity index (χ2v) is 8.00. The third kappa shape index (κ3) is 7.13. The van der Waals surface area contributed by atoms with Crippen LogP contribution >= 0.6 is 0 Å². The zero-order valence-electron chi connectivity index (χ0n) is 15.7. The van der Waals surface area contributed by atoms with E-state index >= 15 is 0 Å². The molecule has 0 radical (unpaired) electrons. The molecule has 1 aromatic carbocycles. The monoisotopic (exact) mass is 384 g/mol. The Hall–Kier alpha value is -1.93. The molecule has 7 nitrogen and oxygen atoms in total. The molecule has 0 aromatic heterocycles. The van der Waals surface area contributed by atoms with Crippen molar-refractivity contribution in [2.75, 3.05) is 6.61 Å². The van der Waals surface area contributed by atoms with Gasteiger partial charge in [-0.25, -0.2) is 17.9 Å². The van der Waals surface area contributed by atoms with E-state index in [-0.39, 0.29) is 35.1 Å². The van der Waals surface area contributed by atoms with Crippen LogP contribution in [0, 0.1) is 0 Å². The largest absolute Gasteiger partial charge is 0.452 e. The van der Waals surface area contributed by atoms with Crippen LogP contribution in [0.2, 0.25) is 0 Å². The molecule has 146 valence electrons. The van der Waals surface area contributed by atoms with E-state index in [0.717, 1.165) is 12.8 Å². The van der Waals surface area contributed by atoms with Crippen molar-refractivity contribution in [2.45, 2.75) is 63.9 Å². The number of ether oxygens (including phenoxy) is 1. The van der Waals surface area contributed by atoms with Gasteiger partial charge < -0.3 is 10.1 Å². The van der Waals surface area contributed by atoms with Gasteiger partial charge in [0, 0.05) is 12.1 Å². The fourth-order valence-electron chi connectivity index (χ4n) is 2.22. The fraction of sp³-hybridized carbons (Fsp3) is 0.556. The van der Waals surface area contributed by atoms with Crippen LogP contribution in [0.25, 0.3) is 0 Å². The smallest absolute Gasteiger partial charge is 0.338 e. The lowest BCUT2D eigenvalue weighted by Gasteiger charge is -2.13. The predicted octanol–water partition coefficient (Wildman–Crippen LogP) is 2.22. The van der Waals surface area contributed by atoms with Gasteiger partial charge in [-0.1, -0.05) is 20.3 Å². The molecule has 1 rings (SSSR count). The van der Waals surface area contributed by atoms with Crippen molar-refractivity contribution >= 4 is 21.9 Å². The van der Waals surface area contributed by atoms with Gasteiger partial charge in [-0.3, -0.25) is 4.79 Å². The minimum absolute atomic E-state index is 0.0219. The molecule has 0 aliphatic carbocycles. The molecule has 0 aliphatic rings. The van der Waals surface area contributed by atoms with Crippen LogP contribution in [0.4, 0.5) is 0 Å². The summed E-state index contributed by atoms with van der Waals surface area (Å²) in [6.45, 7) is 7.18. The highest BCUT2D eigenvalue weighted by atomic mass is 32.2. The van der Waals surface area contributed by atoms with E-state index in [1.165, 1.54) is 24.3 Å². The lowest BCUT2D eigenvalue weighted by Crippen LogP contribution is -2.35. The van der Waals surface area contributed by atoms with Crippen molar-refractivity contribution < 1.29 is 22.7 Å². The van der Waals surface area contributed by atoms with Gasteiger partial charge in [0.25, 0.3) is 5.91 Å². The van der Waals surface area contributed by atoms with Crippen LogP contribution < -0.4 is 10.0 Å². The summed E-state index contributed by atoms with van der Waals surface area (Å²) in [5.74, 6) is -1.04. The van der Waals surface area contributed by atoms with E-state index in [1.54, 1.807) is 6.92 Å². The molecule has 2 atom stereocenters. The van der Waals surface area contributed by atoms with Crippen molar-refractivity contribution in [3.05, 3.63) is 29.8 Å². The van der Waals surface area contributed by atoms with Crippen LogP contribution in [-0.2, 0) is 19.6 Å². The summed E-state index contributed by atoms with van der Waals surface area (Å²) in [6, 6.07) is 5.25. The van der Waals surface area contributed by atoms with Crippen molar-refractivity contribution in [1.82, 2.24) is 10.0 Å². The lowest BCUT2D eigenvalue weighted by molar-refractivity contribution is -0.124. The summed E-state index contributed by atoms with van der Waals surface area (Å²) in [5.41, 5.74) is 0.182. The number of hydrogen-bond acceptors (Lipinski definition) is 5. The van der Waals surface area contributed by atoms with Crippen molar-refractivity contribution in [3.8, 4) is 0 Å². The summed E-state index contributed by atoms with van der Waals surface area (Å²) in [7, 11) is -3.63. The topological polar surface area (TPSA) is 102 Å². The molecule has 0 bridgehead atoms. The lowest BCUT2D eigenvalue weighted by atomic mass is 10.2. The molecule has 8 heteroatoms. The molecule has 1 amide bonds. The van der Waals surface area contributed by atoms with Crippen molar-refractivity contribution in [2.24, 2.45) is 0 Å². The third-order valence-electron chi connectivity index (χ3n) is 3.83. The van der Waals surface area contributed by atoms with E-state index in [1.807, 2.05) is 20.8 Å². The van der Waals surface area contributed by atoms with Gasteiger partial charge >= 0.3 is 5.97 Å². The number of amides is 1. The van der Waals surface area contributed by atoms with Crippen LogP contribution in [0.15, 0.2) is 29.2 Å². The summed E-state index contributed by atoms with van der Waals surface area (Å²) < 4.78 is 31.8. The quantitative estimate of drug-likeness (QED) is 0.602. The minimum atomic E-state index is -3.63.